The quantitative estimate of drug-likeness (QED) is 0.885. The number of nitrogens with one attached hydrogen (secondary N) is 1. The molecule has 1 aromatic rings. The predicted octanol–water partition coefficient (Wildman–Crippen LogP) is 3.84. The van der Waals surface area contributed by atoms with Crippen molar-refractivity contribution in [1.29, 1.82) is 0 Å². The molecule has 19 heavy (non-hydrogen) atoms. The second kappa shape index (κ2) is 5.49. The Morgan fingerprint density at radius 2 is 2.32 bits per heavy atom. The van der Waals surface area contributed by atoms with Crippen molar-refractivity contribution >= 4 is 27.6 Å². The third kappa shape index (κ3) is 2.61. The molecule has 3 atom stereocenters. The minimum atomic E-state index is -0.841. The van der Waals surface area contributed by atoms with E-state index in [1.165, 1.54) is 6.07 Å². The zero-order valence-corrected chi connectivity index (χ0v) is 12.5. The van der Waals surface area contributed by atoms with E-state index in [9.17, 15) is 14.3 Å². The molecule has 0 bridgehead atoms. The number of hydrogen-bond acceptors (Lipinski definition) is 2. The molecule has 0 fully saturated rings. The highest BCUT2D eigenvalue weighted by Gasteiger charge is 2.37. The van der Waals surface area contributed by atoms with E-state index in [1.807, 2.05) is 0 Å². The number of halogens is 2. The van der Waals surface area contributed by atoms with E-state index < -0.39 is 11.9 Å². The molecule has 0 saturated carbocycles. The first-order valence-corrected chi connectivity index (χ1v) is 7.20. The van der Waals surface area contributed by atoms with Gasteiger partial charge < -0.3 is 10.4 Å². The lowest BCUT2D eigenvalue weighted by Crippen LogP contribution is -2.36. The highest BCUT2D eigenvalue weighted by molar-refractivity contribution is 9.10. The molecule has 1 aromatic carbocycles. The van der Waals surface area contributed by atoms with Crippen molar-refractivity contribution in [2.75, 3.05) is 11.9 Å². The number of carboxylic acid groups (broad SMARTS) is 1. The Balaban J connectivity index is 2.48. The molecule has 0 amide bonds. The Labute approximate surface area is 120 Å². The number of carbonyl (C=O) groups is 1. The molecular formula is C14H17BrFNO2. The van der Waals surface area contributed by atoms with E-state index >= 15 is 0 Å². The zero-order valence-electron chi connectivity index (χ0n) is 10.9. The van der Waals surface area contributed by atoms with E-state index in [4.69, 9.17) is 0 Å². The van der Waals surface area contributed by atoms with Gasteiger partial charge in [-0.25, -0.2) is 4.39 Å². The van der Waals surface area contributed by atoms with Crippen LogP contribution < -0.4 is 5.32 Å². The van der Waals surface area contributed by atoms with E-state index in [-0.39, 0.29) is 11.7 Å². The van der Waals surface area contributed by atoms with Gasteiger partial charge in [-0.1, -0.05) is 20.3 Å². The van der Waals surface area contributed by atoms with E-state index in [0.29, 0.717) is 28.2 Å². The van der Waals surface area contributed by atoms with Crippen LogP contribution in [0.1, 0.15) is 31.7 Å². The Kier molecular flexibility index (Phi) is 4.13. The minimum absolute atomic E-state index is 0.0207. The zero-order chi connectivity index (χ0) is 14.2. The van der Waals surface area contributed by atoms with Crippen molar-refractivity contribution in [3.63, 3.8) is 0 Å². The number of anilines is 1. The van der Waals surface area contributed by atoms with Gasteiger partial charge in [-0.2, -0.15) is 0 Å². The Hall–Kier alpha value is -1.10. The summed E-state index contributed by atoms with van der Waals surface area (Å²) in [6.45, 7) is 4.69. The van der Waals surface area contributed by atoms with Crippen LogP contribution in [0.3, 0.4) is 0 Å². The first-order valence-electron chi connectivity index (χ1n) is 6.41. The SMILES string of the molecule is CCC(C)C1CNc2cc(F)c(Br)cc2C1C(=O)O. The summed E-state index contributed by atoms with van der Waals surface area (Å²) >= 11 is 3.13. The first kappa shape index (κ1) is 14.3. The van der Waals surface area contributed by atoms with E-state index in [1.54, 1.807) is 6.07 Å². The highest BCUT2D eigenvalue weighted by Crippen LogP contribution is 2.41. The van der Waals surface area contributed by atoms with Crippen LogP contribution in [0.5, 0.6) is 0 Å². The van der Waals surface area contributed by atoms with Crippen LogP contribution in [-0.2, 0) is 4.79 Å². The summed E-state index contributed by atoms with van der Waals surface area (Å²) in [5.74, 6) is -1.48. The Morgan fingerprint density at radius 3 is 2.89 bits per heavy atom. The van der Waals surface area contributed by atoms with Crippen molar-refractivity contribution < 1.29 is 14.3 Å². The summed E-state index contributed by atoms with van der Waals surface area (Å²) in [5, 5.41) is 12.7. The van der Waals surface area contributed by atoms with Crippen LogP contribution in [-0.4, -0.2) is 17.6 Å². The third-order valence-electron chi connectivity index (χ3n) is 4.02. The van der Waals surface area contributed by atoms with Gasteiger partial charge in [0.05, 0.1) is 10.4 Å². The average molecular weight is 330 g/mol. The molecular weight excluding hydrogens is 313 g/mol. The van der Waals surface area contributed by atoms with Crippen LogP contribution >= 0.6 is 15.9 Å². The number of hydrogen-bond donors (Lipinski definition) is 2. The smallest absolute Gasteiger partial charge is 0.311 e. The summed E-state index contributed by atoms with van der Waals surface area (Å²) in [4.78, 5) is 11.6. The fraction of sp³-hybridized carbons (Fsp3) is 0.500. The van der Waals surface area contributed by atoms with Gasteiger partial charge in [-0.3, -0.25) is 4.79 Å². The van der Waals surface area contributed by atoms with Crippen LogP contribution in [0, 0.1) is 17.7 Å². The van der Waals surface area contributed by atoms with Gasteiger partial charge in [-0.05, 0) is 45.5 Å². The molecule has 0 aromatic heterocycles. The molecule has 0 spiro atoms. The number of aliphatic carboxylic acids is 1. The molecule has 3 nitrogen and oxygen atoms in total. The number of benzene rings is 1. The Bertz CT molecular complexity index is 506. The molecule has 0 aliphatic carbocycles. The third-order valence-corrected chi connectivity index (χ3v) is 4.63. The minimum Gasteiger partial charge on any atom is -0.481 e. The van der Waals surface area contributed by atoms with Gasteiger partial charge in [-0.15, -0.1) is 0 Å². The van der Waals surface area contributed by atoms with Gasteiger partial charge >= 0.3 is 5.97 Å². The summed E-state index contributed by atoms with van der Waals surface area (Å²) in [6.07, 6.45) is 0.924. The fourth-order valence-electron chi connectivity index (χ4n) is 2.70. The standard InChI is InChI=1S/C14H17BrFNO2/c1-3-7(2)9-6-17-12-5-11(16)10(15)4-8(12)13(9)14(18)19/h4-5,7,9,13,17H,3,6H2,1-2H3,(H,18,19). The van der Waals surface area contributed by atoms with Crippen LogP contribution in [0.15, 0.2) is 16.6 Å². The molecule has 2 N–H and O–H groups in total. The maximum absolute atomic E-state index is 13.5. The fourth-order valence-corrected chi connectivity index (χ4v) is 3.06. The van der Waals surface area contributed by atoms with Crippen molar-refractivity contribution in [2.24, 2.45) is 11.8 Å². The summed E-state index contributed by atoms with van der Waals surface area (Å²) < 4.78 is 13.8. The van der Waals surface area contributed by atoms with Crippen molar-refractivity contribution in [3.05, 3.63) is 28.0 Å². The van der Waals surface area contributed by atoms with Gasteiger partial charge in [0.1, 0.15) is 5.82 Å². The summed E-state index contributed by atoms with van der Waals surface area (Å²) in [7, 11) is 0. The van der Waals surface area contributed by atoms with E-state index in [0.717, 1.165) is 6.42 Å². The average Bonchev–Trinajstić information content (AvgIpc) is 2.37. The highest BCUT2D eigenvalue weighted by atomic mass is 79.9. The topological polar surface area (TPSA) is 49.3 Å². The lowest BCUT2D eigenvalue weighted by Gasteiger charge is -2.35. The van der Waals surface area contributed by atoms with Crippen molar-refractivity contribution in [1.82, 2.24) is 0 Å². The molecule has 2 rings (SSSR count). The molecule has 5 heteroatoms. The largest absolute Gasteiger partial charge is 0.481 e. The lowest BCUT2D eigenvalue weighted by molar-refractivity contribution is -0.140. The predicted molar refractivity (Wildman–Crippen MR) is 75.9 cm³/mol. The first-order chi connectivity index (χ1) is 8.95. The molecule has 1 aliphatic heterocycles. The van der Waals surface area contributed by atoms with Gasteiger partial charge in [0, 0.05) is 12.2 Å². The lowest BCUT2D eigenvalue weighted by atomic mass is 9.75. The second-order valence-corrected chi connectivity index (χ2v) is 5.95. The maximum atomic E-state index is 13.5. The molecule has 3 unspecified atom stereocenters. The Morgan fingerprint density at radius 1 is 1.63 bits per heavy atom. The van der Waals surface area contributed by atoms with Crippen molar-refractivity contribution in [2.45, 2.75) is 26.2 Å². The molecule has 0 radical (unpaired) electrons. The monoisotopic (exact) mass is 329 g/mol. The van der Waals surface area contributed by atoms with E-state index in [2.05, 4.69) is 35.1 Å². The molecule has 1 heterocycles. The second-order valence-electron chi connectivity index (χ2n) is 5.10. The number of rotatable bonds is 3. The van der Waals surface area contributed by atoms with Crippen LogP contribution in [0.4, 0.5) is 10.1 Å². The number of carboxylic acids is 1. The maximum Gasteiger partial charge on any atom is 0.311 e. The molecule has 0 saturated heterocycles. The van der Waals surface area contributed by atoms with Gasteiger partial charge in [0.2, 0.25) is 0 Å². The van der Waals surface area contributed by atoms with Crippen molar-refractivity contribution in [3.8, 4) is 0 Å². The van der Waals surface area contributed by atoms with Crippen LogP contribution in [0.2, 0.25) is 0 Å². The van der Waals surface area contributed by atoms with Gasteiger partial charge in [0.25, 0.3) is 0 Å². The molecule has 104 valence electrons. The summed E-state index contributed by atoms with van der Waals surface area (Å²) in [5.41, 5.74) is 1.25. The number of fused-ring (bicyclic) bond motifs is 1. The normalized spacial score (nSPS) is 23.4. The summed E-state index contributed by atoms with van der Waals surface area (Å²) in [6, 6.07) is 2.95. The van der Waals surface area contributed by atoms with Crippen LogP contribution in [0.25, 0.3) is 0 Å². The molecule has 1 aliphatic rings. The van der Waals surface area contributed by atoms with Gasteiger partial charge in [0.15, 0.2) is 0 Å².